The Morgan fingerprint density at radius 2 is 1.91 bits per heavy atom. The minimum absolute atomic E-state index is 0.0930. The number of aliphatic hydroxyl groups excluding tert-OH is 1. The highest BCUT2D eigenvalue weighted by atomic mass is 35.5. The van der Waals surface area contributed by atoms with Gasteiger partial charge in [-0.1, -0.05) is 24.6 Å². The molecule has 0 radical (unpaired) electrons. The normalized spacial score (nSPS) is 17.3. The first-order valence-electron chi connectivity index (χ1n) is 11.0. The van der Waals surface area contributed by atoms with Crippen molar-refractivity contribution in [2.24, 2.45) is 0 Å². The molecule has 7 nitrogen and oxygen atoms in total. The highest BCUT2D eigenvalue weighted by Crippen LogP contribution is 2.43. The SMILES string of the molecule is CCCOc1cccc(N2C(=O)C(=O)/C(=C(\O)c3ccc(Cl)c(OCC)c3)C2c2ccco2)c1. The van der Waals surface area contributed by atoms with Gasteiger partial charge in [-0.2, -0.15) is 0 Å². The van der Waals surface area contributed by atoms with Crippen molar-refractivity contribution in [1.82, 2.24) is 0 Å². The summed E-state index contributed by atoms with van der Waals surface area (Å²) in [5.74, 6) is -0.699. The van der Waals surface area contributed by atoms with Gasteiger partial charge in [0.05, 0.1) is 30.1 Å². The van der Waals surface area contributed by atoms with Gasteiger partial charge in [0.15, 0.2) is 0 Å². The zero-order valence-corrected chi connectivity index (χ0v) is 19.5. The van der Waals surface area contributed by atoms with Crippen molar-refractivity contribution < 1.29 is 28.6 Å². The lowest BCUT2D eigenvalue weighted by atomic mass is 9.99. The predicted molar refractivity (Wildman–Crippen MR) is 128 cm³/mol. The molecule has 2 aromatic carbocycles. The van der Waals surface area contributed by atoms with Gasteiger partial charge in [-0.15, -0.1) is 0 Å². The Balaban J connectivity index is 1.85. The van der Waals surface area contributed by atoms with Crippen molar-refractivity contribution in [3.05, 3.63) is 82.8 Å². The lowest BCUT2D eigenvalue weighted by molar-refractivity contribution is -0.132. The summed E-state index contributed by atoms with van der Waals surface area (Å²) in [5.41, 5.74) is 0.648. The molecule has 1 aliphatic rings. The number of rotatable bonds is 8. The second kappa shape index (κ2) is 10.1. The summed E-state index contributed by atoms with van der Waals surface area (Å²) >= 11 is 6.18. The molecule has 8 heteroatoms. The largest absolute Gasteiger partial charge is 0.507 e. The third-order valence-corrected chi connectivity index (χ3v) is 5.64. The van der Waals surface area contributed by atoms with E-state index in [0.717, 1.165) is 6.42 Å². The van der Waals surface area contributed by atoms with Crippen molar-refractivity contribution in [1.29, 1.82) is 0 Å². The first kappa shape index (κ1) is 23.4. The number of ketones is 1. The van der Waals surface area contributed by atoms with Gasteiger partial charge in [0.1, 0.15) is 29.1 Å². The maximum absolute atomic E-state index is 13.2. The number of aliphatic hydroxyl groups is 1. The van der Waals surface area contributed by atoms with E-state index in [2.05, 4.69) is 0 Å². The molecule has 1 N–H and O–H groups in total. The second-order valence-electron chi connectivity index (χ2n) is 7.61. The van der Waals surface area contributed by atoms with E-state index < -0.39 is 17.7 Å². The van der Waals surface area contributed by atoms with Crippen LogP contribution in [0.5, 0.6) is 11.5 Å². The fraction of sp³-hybridized carbons (Fsp3) is 0.231. The van der Waals surface area contributed by atoms with E-state index in [4.69, 9.17) is 25.5 Å². The van der Waals surface area contributed by atoms with Crippen LogP contribution in [0.1, 0.15) is 37.6 Å². The second-order valence-corrected chi connectivity index (χ2v) is 8.02. The van der Waals surface area contributed by atoms with E-state index in [-0.39, 0.29) is 11.3 Å². The van der Waals surface area contributed by atoms with Gasteiger partial charge in [0, 0.05) is 17.3 Å². The monoisotopic (exact) mass is 481 g/mol. The highest BCUT2D eigenvalue weighted by molar-refractivity contribution is 6.51. The fourth-order valence-corrected chi connectivity index (χ4v) is 4.00. The van der Waals surface area contributed by atoms with Crippen molar-refractivity contribution >= 4 is 34.7 Å². The number of carbonyl (C=O) groups is 2. The van der Waals surface area contributed by atoms with E-state index in [1.54, 1.807) is 48.5 Å². The van der Waals surface area contributed by atoms with Crippen LogP contribution < -0.4 is 14.4 Å². The van der Waals surface area contributed by atoms with Crippen LogP contribution in [0.4, 0.5) is 5.69 Å². The van der Waals surface area contributed by atoms with Crippen molar-refractivity contribution in [3.8, 4) is 11.5 Å². The number of benzene rings is 2. The summed E-state index contributed by atoms with van der Waals surface area (Å²) in [5, 5.41) is 11.6. The van der Waals surface area contributed by atoms with Crippen LogP contribution in [-0.2, 0) is 9.59 Å². The summed E-state index contributed by atoms with van der Waals surface area (Å²) in [4.78, 5) is 27.7. The quantitative estimate of drug-likeness (QED) is 0.250. The van der Waals surface area contributed by atoms with Crippen molar-refractivity contribution in [2.45, 2.75) is 26.3 Å². The van der Waals surface area contributed by atoms with E-state index in [0.29, 0.717) is 46.7 Å². The molecular weight excluding hydrogens is 458 g/mol. The van der Waals surface area contributed by atoms with E-state index in [1.165, 1.54) is 17.2 Å². The van der Waals surface area contributed by atoms with E-state index in [1.807, 2.05) is 13.8 Å². The van der Waals surface area contributed by atoms with Crippen LogP contribution in [0.25, 0.3) is 5.76 Å². The minimum Gasteiger partial charge on any atom is -0.507 e. The van der Waals surface area contributed by atoms with Crippen LogP contribution in [0, 0.1) is 0 Å². The van der Waals surface area contributed by atoms with Crippen molar-refractivity contribution in [2.75, 3.05) is 18.1 Å². The molecule has 3 aromatic rings. The third-order valence-electron chi connectivity index (χ3n) is 5.33. The van der Waals surface area contributed by atoms with Gasteiger partial charge in [-0.05, 0) is 55.8 Å². The molecular formula is C26H24ClNO6. The molecule has 4 rings (SSSR count). The number of amides is 1. The Kier molecular flexibility index (Phi) is 6.93. The van der Waals surface area contributed by atoms with Gasteiger partial charge in [-0.25, -0.2) is 0 Å². The number of anilines is 1. The lowest BCUT2D eigenvalue weighted by Crippen LogP contribution is -2.29. The Bertz CT molecular complexity index is 1230. The van der Waals surface area contributed by atoms with Crippen LogP contribution >= 0.6 is 11.6 Å². The Morgan fingerprint density at radius 1 is 1.09 bits per heavy atom. The van der Waals surface area contributed by atoms with Gasteiger partial charge in [0.25, 0.3) is 11.7 Å². The lowest BCUT2D eigenvalue weighted by Gasteiger charge is -2.24. The number of Topliss-reactive ketones (excluding diaryl/α,β-unsaturated/α-hetero) is 1. The third kappa shape index (κ3) is 4.39. The molecule has 1 amide bonds. The standard InChI is InChI=1S/C26H24ClNO6/c1-3-12-33-18-8-5-7-17(15-18)28-23(20-9-6-13-34-20)22(25(30)26(28)31)24(29)16-10-11-19(27)21(14-16)32-4-2/h5-11,13-15,23,29H,3-4,12H2,1-2H3/b24-22-. The summed E-state index contributed by atoms with van der Waals surface area (Å²) in [7, 11) is 0. The van der Waals surface area contributed by atoms with E-state index in [9.17, 15) is 14.7 Å². The maximum atomic E-state index is 13.2. The summed E-state index contributed by atoms with van der Waals surface area (Å²) in [6.07, 6.45) is 2.28. The molecule has 0 aliphatic carbocycles. The molecule has 1 atom stereocenters. The Labute approximate surface area is 202 Å². The topological polar surface area (TPSA) is 89.2 Å². The number of hydrogen-bond donors (Lipinski definition) is 1. The first-order valence-corrected chi connectivity index (χ1v) is 11.3. The van der Waals surface area contributed by atoms with Crippen LogP contribution in [0.2, 0.25) is 5.02 Å². The Hall–Kier alpha value is -3.71. The molecule has 0 saturated carbocycles. The molecule has 1 fully saturated rings. The van der Waals surface area contributed by atoms with Crippen LogP contribution in [0.15, 0.2) is 70.9 Å². The highest BCUT2D eigenvalue weighted by Gasteiger charge is 2.48. The molecule has 1 aliphatic heterocycles. The number of hydrogen-bond acceptors (Lipinski definition) is 6. The number of furan rings is 1. The van der Waals surface area contributed by atoms with E-state index >= 15 is 0 Å². The minimum atomic E-state index is -0.970. The molecule has 0 bridgehead atoms. The first-order chi connectivity index (χ1) is 16.5. The van der Waals surface area contributed by atoms with Crippen molar-refractivity contribution in [3.63, 3.8) is 0 Å². The molecule has 0 spiro atoms. The van der Waals surface area contributed by atoms with Crippen LogP contribution in [0.3, 0.4) is 0 Å². The zero-order chi connectivity index (χ0) is 24.2. The average Bonchev–Trinajstić information content (AvgIpc) is 3.46. The number of ether oxygens (including phenoxy) is 2. The predicted octanol–water partition coefficient (Wildman–Crippen LogP) is 5.75. The number of nitrogens with zero attached hydrogens (tertiary/aromatic N) is 1. The van der Waals surface area contributed by atoms with Gasteiger partial charge in [0.2, 0.25) is 0 Å². The zero-order valence-electron chi connectivity index (χ0n) is 18.8. The Morgan fingerprint density at radius 3 is 2.62 bits per heavy atom. The molecule has 176 valence electrons. The molecule has 1 saturated heterocycles. The average molecular weight is 482 g/mol. The summed E-state index contributed by atoms with van der Waals surface area (Å²) < 4.78 is 16.8. The summed E-state index contributed by atoms with van der Waals surface area (Å²) in [6, 6.07) is 13.9. The summed E-state index contributed by atoms with van der Waals surface area (Å²) in [6.45, 7) is 4.69. The smallest absolute Gasteiger partial charge is 0.300 e. The van der Waals surface area contributed by atoms with Crippen LogP contribution in [-0.4, -0.2) is 30.0 Å². The molecule has 1 aromatic heterocycles. The molecule has 1 unspecified atom stereocenters. The molecule has 34 heavy (non-hydrogen) atoms. The maximum Gasteiger partial charge on any atom is 0.300 e. The molecule has 2 heterocycles. The van der Waals surface area contributed by atoms with Gasteiger partial charge >= 0.3 is 0 Å². The van der Waals surface area contributed by atoms with Gasteiger partial charge in [-0.3, -0.25) is 14.5 Å². The van der Waals surface area contributed by atoms with Gasteiger partial charge < -0.3 is 19.0 Å². The fourth-order valence-electron chi connectivity index (χ4n) is 3.83. The number of carbonyl (C=O) groups excluding carboxylic acids is 2. The number of halogens is 1.